The molecule has 0 aliphatic rings. The van der Waals surface area contributed by atoms with Gasteiger partial charge in [-0.3, -0.25) is 9.78 Å². The van der Waals surface area contributed by atoms with Crippen LogP contribution in [0.15, 0.2) is 36.0 Å². The van der Waals surface area contributed by atoms with E-state index in [1.165, 1.54) is 11.1 Å². The second-order valence-electron chi connectivity index (χ2n) is 3.97. The molecule has 0 aromatic carbocycles. The van der Waals surface area contributed by atoms with Gasteiger partial charge in [-0.25, -0.2) is 0 Å². The summed E-state index contributed by atoms with van der Waals surface area (Å²) < 4.78 is 0. The molecule has 0 unspecified atom stereocenters. The summed E-state index contributed by atoms with van der Waals surface area (Å²) in [5.74, 6) is 5.08. The van der Waals surface area contributed by atoms with Gasteiger partial charge in [0.2, 0.25) is 0 Å². The van der Waals surface area contributed by atoms with Crippen LogP contribution in [0.1, 0.15) is 20.8 Å². The van der Waals surface area contributed by atoms with Crippen LogP contribution in [0.2, 0.25) is 0 Å². The summed E-state index contributed by atoms with van der Waals surface area (Å²) in [5, 5.41) is 13.6. The molecular formula is C15H14N2O2S. The van der Waals surface area contributed by atoms with Gasteiger partial charge in [0.25, 0.3) is 5.91 Å². The highest BCUT2D eigenvalue weighted by Crippen LogP contribution is 2.09. The third-order valence-corrected chi connectivity index (χ3v) is 3.54. The van der Waals surface area contributed by atoms with Crippen molar-refractivity contribution in [2.45, 2.75) is 6.42 Å². The minimum Gasteiger partial charge on any atom is -0.384 e. The number of amides is 1. The Labute approximate surface area is 121 Å². The molecule has 0 bridgehead atoms. The lowest BCUT2D eigenvalue weighted by molar-refractivity contribution is 0.0954. The molecule has 2 N–H and O–H groups in total. The van der Waals surface area contributed by atoms with Crippen molar-refractivity contribution in [1.29, 1.82) is 0 Å². The number of nitrogens with zero attached hydrogens (tertiary/aromatic N) is 1. The maximum absolute atomic E-state index is 12.1. The summed E-state index contributed by atoms with van der Waals surface area (Å²) in [4.78, 5) is 17.3. The Morgan fingerprint density at radius 3 is 3.10 bits per heavy atom. The molecule has 0 aliphatic heterocycles. The van der Waals surface area contributed by atoms with E-state index < -0.39 is 0 Å². The number of pyridine rings is 1. The van der Waals surface area contributed by atoms with Crippen molar-refractivity contribution in [2.24, 2.45) is 0 Å². The lowest BCUT2D eigenvalue weighted by Crippen LogP contribution is -2.26. The van der Waals surface area contributed by atoms with Gasteiger partial charge in [0, 0.05) is 23.8 Å². The van der Waals surface area contributed by atoms with E-state index in [-0.39, 0.29) is 12.5 Å². The van der Waals surface area contributed by atoms with Crippen LogP contribution >= 0.6 is 11.3 Å². The first-order valence-electron chi connectivity index (χ1n) is 6.15. The fraction of sp³-hybridized carbons (Fsp3) is 0.200. The first-order valence-corrected chi connectivity index (χ1v) is 7.03. The molecule has 20 heavy (non-hydrogen) atoms. The van der Waals surface area contributed by atoms with Gasteiger partial charge < -0.3 is 10.4 Å². The topological polar surface area (TPSA) is 62.2 Å². The largest absolute Gasteiger partial charge is 0.384 e. The summed E-state index contributed by atoms with van der Waals surface area (Å²) in [5.41, 5.74) is 1.00. The number of thiophene rings is 1. The molecular weight excluding hydrogens is 272 g/mol. The summed E-state index contributed by atoms with van der Waals surface area (Å²) in [7, 11) is 0. The zero-order chi connectivity index (χ0) is 14.2. The molecule has 0 radical (unpaired) electrons. The van der Waals surface area contributed by atoms with Crippen molar-refractivity contribution < 1.29 is 9.90 Å². The van der Waals surface area contributed by atoms with Crippen LogP contribution in [0.3, 0.4) is 0 Å². The molecule has 2 heterocycles. The van der Waals surface area contributed by atoms with Crippen LogP contribution in [-0.2, 0) is 6.42 Å². The zero-order valence-corrected chi connectivity index (χ0v) is 11.6. The number of hydrogen-bond acceptors (Lipinski definition) is 4. The maximum atomic E-state index is 12.1. The van der Waals surface area contributed by atoms with Crippen LogP contribution in [0.5, 0.6) is 0 Å². The molecule has 0 saturated carbocycles. The van der Waals surface area contributed by atoms with Crippen LogP contribution in [0, 0.1) is 11.8 Å². The lowest BCUT2D eigenvalue weighted by atomic mass is 10.1. The van der Waals surface area contributed by atoms with Crippen molar-refractivity contribution in [3.63, 3.8) is 0 Å². The van der Waals surface area contributed by atoms with Crippen molar-refractivity contribution in [2.75, 3.05) is 13.2 Å². The highest BCUT2D eigenvalue weighted by atomic mass is 32.1. The third-order valence-electron chi connectivity index (χ3n) is 2.60. The van der Waals surface area contributed by atoms with Gasteiger partial charge in [0.1, 0.15) is 6.61 Å². The SMILES string of the molecule is O=C(NCCc1cccs1)c1ccncc1C#CCO. The van der Waals surface area contributed by atoms with Crippen LogP contribution in [-0.4, -0.2) is 29.1 Å². The van der Waals surface area contributed by atoms with Gasteiger partial charge in [-0.05, 0) is 23.9 Å². The number of carbonyl (C=O) groups is 1. The second-order valence-corrected chi connectivity index (χ2v) is 5.00. The Balaban J connectivity index is 1.98. The van der Waals surface area contributed by atoms with Gasteiger partial charge in [0.05, 0.1) is 11.1 Å². The Hall–Kier alpha value is -2.16. The van der Waals surface area contributed by atoms with Crippen molar-refractivity contribution in [3.05, 3.63) is 52.0 Å². The van der Waals surface area contributed by atoms with Gasteiger partial charge in [-0.15, -0.1) is 11.3 Å². The number of aliphatic hydroxyl groups excluding tert-OH is 1. The Kier molecular flexibility index (Phi) is 5.30. The van der Waals surface area contributed by atoms with E-state index in [1.807, 2.05) is 17.5 Å². The summed E-state index contributed by atoms with van der Waals surface area (Å²) >= 11 is 1.67. The molecule has 2 rings (SSSR count). The standard InChI is InChI=1S/C15H14N2O2S/c18-9-1-3-12-11-16-7-6-14(12)15(19)17-8-5-13-4-2-10-20-13/h2,4,6-7,10-11,18H,5,8-9H2,(H,17,19). The quantitative estimate of drug-likeness (QED) is 0.837. The number of carbonyl (C=O) groups excluding carboxylic acids is 1. The van der Waals surface area contributed by atoms with E-state index in [2.05, 4.69) is 22.1 Å². The summed E-state index contributed by atoms with van der Waals surface area (Å²) in [6.45, 7) is 0.336. The number of hydrogen-bond donors (Lipinski definition) is 2. The fourth-order valence-corrected chi connectivity index (χ4v) is 2.39. The van der Waals surface area contributed by atoms with Crippen molar-refractivity contribution in [1.82, 2.24) is 10.3 Å². The Morgan fingerprint density at radius 2 is 2.35 bits per heavy atom. The molecule has 2 aromatic rings. The molecule has 2 aromatic heterocycles. The van der Waals surface area contributed by atoms with E-state index in [9.17, 15) is 4.79 Å². The van der Waals surface area contributed by atoms with Crippen LogP contribution in [0.4, 0.5) is 0 Å². The molecule has 0 saturated heterocycles. The van der Waals surface area contributed by atoms with Crippen LogP contribution < -0.4 is 5.32 Å². The summed E-state index contributed by atoms with van der Waals surface area (Å²) in [6, 6.07) is 5.66. The number of aromatic nitrogens is 1. The summed E-state index contributed by atoms with van der Waals surface area (Å²) in [6.07, 6.45) is 3.89. The second kappa shape index (κ2) is 7.43. The molecule has 0 atom stereocenters. The Morgan fingerprint density at radius 1 is 1.45 bits per heavy atom. The van der Waals surface area contributed by atoms with E-state index >= 15 is 0 Å². The molecule has 102 valence electrons. The number of nitrogens with one attached hydrogen (secondary N) is 1. The highest BCUT2D eigenvalue weighted by Gasteiger charge is 2.09. The van der Waals surface area contributed by atoms with E-state index in [1.54, 1.807) is 23.6 Å². The van der Waals surface area contributed by atoms with Crippen LogP contribution in [0.25, 0.3) is 0 Å². The number of rotatable bonds is 4. The normalized spacial score (nSPS) is 9.65. The van der Waals surface area contributed by atoms with Crippen molar-refractivity contribution in [3.8, 4) is 11.8 Å². The Bertz CT molecular complexity index is 627. The van der Waals surface area contributed by atoms with Gasteiger partial charge in [-0.2, -0.15) is 0 Å². The molecule has 0 fully saturated rings. The third kappa shape index (κ3) is 3.92. The predicted octanol–water partition coefficient (Wildman–Crippen LogP) is 1.46. The van der Waals surface area contributed by atoms with E-state index in [0.29, 0.717) is 17.7 Å². The molecule has 4 nitrogen and oxygen atoms in total. The lowest BCUT2D eigenvalue weighted by Gasteiger charge is -2.05. The molecule has 0 aliphatic carbocycles. The fourth-order valence-electron chi connectivity index (χ4n) is 1.68. The van der Waals surface area contributed by atoms with Gasteiger partial charge >= 0.3 is 0 Å². The first kappa shape index (κ1) is 14.3. The maximum Gasteiger partial charge on any atom is 0.252 e. The van der Waals surface area contributed by atoms with E-state index in [0.717, 1.165) is 6.42 Å². The molecule has 5 heteroatoms. The molecule has 0 spiro atoms. The van der Waals surface area contributed by atoms with Gasteiger partial charge in [-0.1, -0.05) is 17.9 Å². The zero-order valence-electron chi connectivity index (χ0n) is 10.8. The average Bonchev–Trinajstić information content (AvgIpc) is 2.98. The monoisotopic (exact) mass is 286 g/mol. The highest BCUT2D eigenvalue weighted by molar-refractivity contribution is 7.09. The number of aliphatic hydroxyl groups is 1. The van der Waals surface area contributed by atoms with Gasteiger partial charge in [0.15, 0.2) is 0 Å². The first-order chi connectivity index (χ1) is 9.81. The smallest absolute Gasteiger partial charge is 0.252 e. The van der Waals surface area contributed by atoms with Crippen molar-refractivity contribution >= 4 is 17.2 Å². The predicted molar refractivity (Wildman–Crippen MR) is 78.6 cm³/mol. The molecule has 1 amide bonds. The van der Waals surface area contributed by atoms with E-state index in [4.69, 9.17) is 5.11 Å². The minimum absolute atomic E-state index is 0.175. The average molecular weight is 286 g/mol. The minimum atomic E-state index is -0.242.